The van der Waals surface area contributed by atoms with Crippen LogP contribution in [-0.2, 0) is 9.59 Å². The fourth-order valence-corrected chi connectivity index (χ4v) is 4.67. The number of para-hydroxylation sites is 2. The van der Waals surface area contributed by atoms with E-state index in [4.69, 9.17) is 10.5 Å². The van der Waals surface area contributed by atoms with Gasteiger partial charge in [-0.2, -0.15) is 0 Å². The zero-order valence-corrected chi connectivity index (χ0v) is 24.0. The quantitative estimate of drug-likeness (QED) is 0.233. The van der Waals surface area contributed by atoms with Crippen molar-refractivity contribution in [2.24, 2.45) is 5.92 Å². The van der Waals surface area contributed by atoms with Gasteiger partial charge in [0, 0.05) is 37.5 Å². The lowest BCUT2D eigenvalue weighted by Gasteiger charge is -2.37. The molecule has 3 amide bonds. The number of benzene rings is 2. The van der Waals surface area contributed by atoms with Gasteiger partial charge in [-0.05, 0) is 64.2 Å². The number of aliphatic hydroxyl groups is 1. The first-order valence-corrected chi connectivity index (χ1v) is 13.9. The second-order valence-corrected chi connectivity index (χ2v) is 10.8. The van der Waals surface area contributed by atoms with Crippen molar-refractivity contribution in [1.29, 1.82) is 0 Å². The van der Waals surface area contributed by atoms with Crippen LogP contribution in [0, 0.1) is 5.92 Å². The predicted molar refractivity (Wildman–Crippen MR) is 157 cm³/mol. The normalized spacial score (nSPS) is 17.9. The van der Waals surface area contributed by atoms with Crippen LogP contribution in [0.5, 0.6) is 5.75 Å². The van der Waals surface area contributed by atoms with Crippen molar-refractivity contribution in [1.82, 2.24) is 9.80 Å². The van der Waals surface area contributed by atoms with Crippen LogP contribution in [0.1, 0.15) is 56.3 Å². The standard InChI is InChI=1S/C30H43N5O5/c1-20-17-35(21(2)19-36)30(39)23-16-22(14-15-26(23)40-27(20)18-34(3)4)32-28(37)12-6-5-7-13-29(38)33-25-11-9-8-10-24(25)31/h8-11,14-16,20-21,27,36H,5-7,12-13,17-19,31H2,1-4H3,(H,32,37)(H,33,38)/t20-,21-,27-/m0/s1. The Labute approximate surface area is 236 Å². The third kappa shape index (κ3) is 8.69. The topological polar surface area (TPSA) is 137 Å². The maximum atomic E-state index is 13.5. The number of amides is 3. The molecule has 0 bridgehead atoms. The van der Waals surface area contributed by atoms with E-state index in [9.17, 15) is 19.5 Å². The van der Waals surface area contributed by atoms with E-state index in [0.29, 0.717) is 67.1 Å². The number of nitrogens with two attached hydrogens (primary N) is 1. The molecule has 0 fully saturated rings. The van der Waals surface area contributed by atoms with Gasteiger partial charge in [0.1, 0.15) is 11.9 Å². The molecule has 1 heterocycles. The molecule has 0 spiro atoms. The zero-order valence-electron chi connectivity index (χ0n) is 24.0. The Morgan fingerprint density at radius 1 is 1.10 bits per heavy atom. The number of hydrogen-bond donors (Lipinski definition) is 4. The summed E-state index contributed by atoms with van der Waals surface area (Å²) in [5, 5.41) is 15.5. The monoisotopic (exact) mass is 553 g/mol. The first-order valence-electron chi connectivity index (χ1n) is 13.9. The van der Waals surface area contributed by atoms with Gasteiger partial charge in [-0.15, -0.1) is 0 Å². The minimum Gasteiger partial charge on any atom is -0.488 e. The van der Waals surface area contributed by atoms with Crippen LogP contribution in [0.4, 0.5) is 17.1 Å². The average molecular weight is 554 g/mol. The molecule has 10 heteroatoms. The van der Waals surface area contributed by atoms with Gasteiger partial charge in [0.05, 0.1) is 29.6 Å². The van der Waals surface area contributed by atoms with E-state index in [0.717, 1.165) is 6.42 Å². The van der Waals surface area contributed by atoms with Crippen molar-refractivity contribution in [3.05, 3.63) is 48.0 Å². The van der Waals surface area contributed by atoms with E-state index in [1.807, 2.05) is 45.0 Å². The number of aliphatic hydroxyl groups excluding tert-OH is 1. The van der Waals surface area contributed by atoms with Gasteiger partial charge in [0.15, 0.2) is 0 Å². The summed E-state index contributed by atoms with van der Waals surface area (Å²) in [7, 11) is 3.95. The Balaban J connectivity index is 1.57. The number of hydrogen-bond acceptors (Lipinski definition) is 7. The first-order chi connectivity index (χ1) is 19.1. The molecule has 1 aliphatic heterocycles. The maximum Gasteiger partial charge on any atom is 0.258 e. The van der Waals surface area contributed by atoms with Crippen LogP contribution in [0.25, 0.3) is 0 Å². The molecular formula is C30H43N5O5. The molecule has 2 aromatic rings. The summed E-state index contributed by atoms with van der Waals surface area (Å²) in [6, 6.07) is 11.9. The Hall–Kier alpha value is -3.63. The number of nitrogens with one attached hydrogen (secondary N) is 2. The van der Waals surface area contributed by atoms with E-state index in [1.165, 1.54) is 0 Å². The Bertz CT molecular complexity index is 1170. The number of likely N-dealkylation sites (N-methyl/N-ethyl adjacent to an activating group) is 1. The van der Waals surface area contributed by atoms with Crippen LogP contribution in [0.15, 0.2) is 42.5 Å². The van der Waals surface area contributed by atoms with E-state index < -0.39 is 0 Å². The molecule has 0 aliphatic carbocycles. The molecule has 0 unspecified atom stereocenters. The van der Waals surface area contributed by atoms with Gasteiger partial charge in [-0.25, -0.2) is 0 Å². The number of rotatable bonds is 12. The summed E-state index contributed by atoms with van der Waals surface area (Å²) >= 11 is 0. The molecule has 10 nitrogen and oxygen atoms in total. The van der Waals surface area contributed by atoms with Crippen molar-refractivity contribution in [3.8, 4) is 5.75 Å². The number of carbonyl (C=O) groups is 3. The highest BCUT2D eigenvalue weighted by Gasteiger charge is 2.33. The lowest BCUT2D eigenvalue weighted by atomic mass is 9.99. The van der Waals surface area contributed by atoms with Crippen molar-refractivity contribution in [3.63, 3.8) is 0 Å². The van der Waals surface area contributed by atoms with Gasteiger partial charge in [0.2, 0.25) is 11.8 Å². The van der Waals surface area contributed by atoms with Gasteiger partial charge in [-0.3, -0.25) is 14.4 Å². The second kappa shape index (κ2) is 14.7. The largest absolute Gasteiger partial charge is 0.488 e. The molecule has 40 heavy (non-hydrogen) atoms. The zero-order chi connectivity index (χ0) is 29.2. The minimum absolute atomic E-state index is 0.0513. The summed E-state index contributed by atoms with van der Waals surface area (Å²) < 4.78 is 6.30. The molecule has 3 atom stereocenters. The lowest BCUT2D eigenvalue weighted by Crippen LogP contribution is -2.49. The maximum absolute atomic E-state index is 13.5. The van der Waals surface area contributed by atoms with Crippen LogP contribution < -0.4 is 21.1 Å². The summed E-state index contributed by atoms with van der Waals surface area (Å²) in [6.07, 6.45) is 2.50. The summed E-state index contributed by atoms with van der Waals surface area (Å²) in [5.41, 5.74) is 7.85. The smallest absolute Gasteiger partial charge is 0.258 e. The molecule has 3 rings (SSSR count). The van der Waals surface area contributed by atoms with Gasteiger partial charge in [0.25, 0.3) is 5.91 Å². The van der Waals surface area contributed by atoms with Crippen molar-refractivity contribution >= 4 is 34.8 Å². The second-order valence-electron chi connectivity index (χ2n) is 10.8. The van der Waals surface area contributed by atoms with E-state index in [-0.39, 0.29) is 42.4 Å². The third-order valence-electron chi connectivity index (χ3n) is 7.04. The van der Waals surface area contributed by atoms with Crippen molar-refractivity contribution < 1.29 is 24.2 Å². The number of unbranched alkanes of at least 4 members (excludes halogenated alkanes) is 2. The number of fused-ring (bicyclic) bond motifs is 1. The lowest BCUT2D eigenvalue weighted by molar-refractivity contribution is -0.116. The highest BCUT2D eigenvalue weighted by molar-refractivity contribution is 6.00. The van der Waals surface area contributed by atoms with Crippen molar-refractivity contribution in [2.75, 3.05) is 50.2 Å². The number of carbonyl (C=O) groups excluding carboxylic acids is 3. The van der Waals surface area contributed by atoms with E-state index in [1.54, 1.807) is 35.2 Å². The average Bonchev–Trinajstić information content (AvgIpc) is 2.91. The highest BCUT2D eigenvalue weighted by atomic mass is 16.5. The summed E-state index contributed by atoms with van der Waals surface area (Å²) in [5.74, 6) is 0.00277. The molecule has 0 saturated carbocycles. The number of ether oxygens (including phenoxy) is 1. The van der Waals surface area contributed by atoms with Crippen LogP contribution in [0.3, 0.4) is 0 Å². The molecule has 1 aliphatic rings. The molecule has 0 radical (unpaired) electrons. The van der Waals surface area contributed by atoms with Gasteiger partial charge < -0.3 is 36.0 Å². The fraction of sp³-hybridized carbons (Fsp3) is 0.500. The van der Waals surface area contributed by atoms with Crippen molar-refractivity contribution in [2.45, 2.75) is 58.1 Å². The number of anilines is 3. The predicted octanol–water partition coefficient (Wildman–Crippen LogP) is 3.58. The highest BCUT2D eigenvalue weighted by Crippen LogP contribution is 2.30. The van der Waals surface area contributed by atoms with Crippen LogP contribution in [0.2, 0.25) is 0 Å². The van der Waals surface area contributed by atoms with E-state index in [2.05, 4.69) is 10.6 Å². The molecule has 5 N–H and O–H groups in total. The fourth-order valence-electron chi connectivity index (χ4n) is 4.67. The van der Waals surface area contributed by atoms with Crippen LogP contribution in [-0.4, -0.2) is 78.6 Å². The molecule has 0 saturated heterocycles. The molecule has 0 aromatic heterocycles. The molecule has 2 aromatic carbocycles. The Morgan fingerprint density at radius 3 is 2.42 bits per heavy atom. The Kier molecular flexibility index (Phi) is 11.3. The third-order valence-corrected chi connectivity index (χ3v) is 7.04. The first kappa shape index (κ1) is 30.9. The molecule has 218 valence electrons. The summed E-state index contributed by atoms with van der Waals surface area (Å²) in [6.45, 7) is 4.84. The van der Waals surface area contributed by atoms with Gasteiger partial charge >= 0.3 is 0 Å². The minimum atomic E-state index is -0.355. The van der Waals surface area contributed by atoms with E-state index >= 15 is 0 Å². The SMILES string of the molecule is C[C@H]1CN([C@@H](C)CO)C(=O)c2cc(NC(=O)CCCCCC(=O)Nc3ccccc3N)ccc2O[C@H]1CN(C)C. The number of nitrogen functional groups attached to an aromatic ring is 1. The Morgan fingerprint density at radius 2 is 1.77 bits per heavy atom. The molecular weight excluding hydrogens is 510 g/mol. The van der Waals surface area contributed by atoms with Crippen LogP contribution >= 0.6 is 0 Å². The summed E-state index contributed by atoms with van der Waals surface area (Å²) in [4.78, 5) is 42.0. The number of nitrogens with zero attached hydrogens (tertiary/aromatic N) is 2. The van der Waals surface area contributed by atoms with Gasteiger partial charge in [-0.1, -0.05) is 25.5 Å².